The second-order valence-corrected chi connectivity index (χ2v) is 6.53. The third-order valence-electron chi connectivity index (χ3n) is 4.81. The Bertz CT molecular complexity index is 683. The van der Waals surface area contributed by atoms with E-state index in [4.69, 9.17) is 0 Å². The quantitative estimate of drug-likeness (QED) is 0.893. The van der Waals surface area contributed by atoms with Gasteiger partial charge in [0, 0.05) is 30.9 Å². The lowest BCUT2D eigenvalue weighted by Crippen LogP contribution is -2.37. The van der Waals surface area contributed by atoms with Crippen LogP contribution in [0.2, 0.25) is 0 Å². The molecule has 0 radical (unpaired) electrons. The van der Waals surface area contributed by atoms with Gasteiger partial charge in [-0.15, -0.1) is 0 Å². The van der Waals surface area contributed by atoms with Crippen LogP contribution in [0.1, 0.15) is 25.0 Å². The molecule has 1 atom stereocenters. The van der Waals surface area contributed by atoms with Gasteiger partial charge in [-0.2, -0.15) is 0 Å². The molecule has 0 saturated heterocycles. The van der Waals surface area contributed by atoms with Crippen molar-refractivity contribution in [3.63, 3.8) is 0 Å². The van der Waals surface area contributed by atoms with Gasteiger partial charge in [-0.05, 0) is 29.3 Å². The SMILES string of the molecule is CNc1ccc(/C=C/C2N(C)c3ccccc3C2(C)C)cc1. The molecule has 0 saturated carbocycles. The third-order valence-corrected chi connectivity index (χ3v) is 4.81. The summed E-state index contributed by atoms with van der Waals surface area (Å²) in [4.78, 5) is 2.38. The maximum atomic E-state index is 3.15. The fourth-order valence-electron chi connectivity index (χ4n) is 3.45. The second kappa shape index (κ2) is 5.53. The summed E-state index contributed by atoms with van der Waals surface area (Å²) in [6.45, 7) is 4.66. The maximum absolute atomic E-state index is 3.15. The molecule has 0 aromatic heterocycles. The number of benzene rings is 2. The average molecular weight is 292 g/mol. The molecular weight excluding hydrogens is 268 g/mol. The normalized spacial score (nSPS) is 19.5. The van der Waals surface area contributed by atoms with Crippen LogP contribution >= 0.6 is 0 Å². The van der Waals surface area contributed by atoms with E-state index in [1.54, 1.807) is 0 Å². The fourth-order valence-corrected chi connectivity index (χ4v) is 3.45. The topological polar surface area (TPSA) is 15.3 Å². The van der Waals surface area contributed by atoms with Gasteiger partial charge < -0.3 is 10.2 Å². The van der Waals surface area contributed by atoms with Gasteiger partial charge in [-0.1, -0.05) is 56.3 Å². The molecular formula is C20H24N2. The molecule has 0 amide bonds. The summed E-state index contributed by atoms with van der Waals surface area (Å²) in [6, 6.07) is 17.6. The average Bonchev–Trinajstić information content (AvgIpc) is 2.73. The van der Waals surface area contributed by atoms with Crippen molar-refractivity contribution in [2.45, 2.75) is 25.3 Å². The summed E-state index contributed by atoms with van der Waals surface area (Å²) >= 11 is 0. The largest absolute Gasteiger partial charge is 0.388 e. The maximum Gasteiger partial charge on any atom is 0.0565 e. The molecule has 2 aromatic carbocycles. The van der Waals surface area contributed by atoms with Gasteiger partial charge >= 0.3 is 0 Å². The first-order valence-electron chi connectivity index (χ1n) is 7.82. The van der Waals surface area contributed by atoms with Crippen molar-refractivity contribution < 1.29 is 0 Å². The predicted octanol–water partition coefficient (Wildman–Crippen LogP) is 4.54. The van der Waals surface area contributed by atoms with Crippen LogP contribution in [0.3, 0.4) is 0 Å². The van der Waals surface area contributed by atoms with E-state index in [0.29, 0.717) is 6.04 Å². The lowest BCUT2D eigenvalue weighted by Gasteiger charge is -2.29. The van der Waals surface area contributed by atoms with Crippen molar-refractivity contribution in [1.29, 1.82) is 0 Å². The summed E-state index contributed by atoms with van der Waals surface area (Å²) in [5.41, 5.74) is 5.26. The van der Waals surface area contributed by atoms with Gasteiger partial charge in [0.15, 0.2) is 0 Å². The highest BCUT2D eigenvalue weighted by molar-refractivity contribution is 5.66. The van der Waals surface area contributed by atoms with Crippen LogP contribution in [0.15, 0.2) is 54.6 Å². The first-order valence-corrected chi connectivity index (χ1v) is 7.82. The molecule has 1 heterocycles. The lowest BCUT2D eigenvalue weighted by molar-refractivity contribution is 0.489. The van der Waals surface area contributed by atoms with Crippen molar-refractivity contribution >= 4 is 17.5 Å². The number of rotatable bonds is 3. The minimum atomic E-state index is 0.118. The first kappa shape index (κ1) is 14.7. The Hall–Kier alpha value is -2.22. The van der Waals surface area contributed by atoms with Gasteiger partial charge in [0.25, 0.3) is 0 Å². The Balaban J connectivity index is 1.87. The molecule has 0 fully saturated rings. The van der Waals surface area contributed by atoms with E-state index in [-0.39, 0.29) is 5.41 Å². The molecule has 22 heavy (non-hydrogen) atoms. The number of para-hydroxylation sites is 1. The number of fused-ring (bicyclic) bond motifs is 1. The predicted molar refractivity (Wildman–Crippen MR) is 96.7 cm³/mol. The Morgan fingerprint density at radius 3 is 2.36 bits per heavy atom. The lowest BCUT2D eigenvalue weighted by atomic mass is 9.80. The minimum Gasteiger partial charge on any atom is -0.388 e. The minimum absolute atomic E-state index is 0.118. The molecule has 1 aliphatic heterocycles. The van der Waals surface area contributed by atoms with Gasteiger partial charge in [-0.3, -0.25) is 0 Å². The summed E-state index contributed by atoms with van der Waals surface area (Å²) < 4.78 is 0. The number of hydrogen-bond acceptors (Lipinski definition) is 2. The molecule has 0 aliphatic carbocycles. The van der Waals surface area contributed by atoms with Crippen molar-refractivity contribution in [1.82, 2.24) is 0 Å². The smallest absolute Gasteiger partial charge is 0.0565 e. The van der Waals surface area contributed by atoms with Crippen LogP contribution in [0.5, 0.6) is 0 Å². The summed E-state index contributed by atoms with van der Waals surface area (Å²) in [7, 11) is 4.13. The zero-order valence-electron chi connectivity index (χ0n) is 13.8. The van der Waals surface area contributed by atoms with E-state index < -0.39 is 0 Å². The van der Waals surface area contributed by atoms with E-state index in [2.05, 4.69) is 91.8 Å². The third kappa shape index (κ3) is 2.39. The van der Waals surface area contributed by atoms with E-state index >= 15 is 0 Å². The van der Waals surface area contributed by atoms with Gasteiger partial charge in [0.2, 0.25) is 0 Å². The molecule has 0 spiro atoms. The standard InChI is InChI=1S/C20H24N2/c1-20(2)17-7-5-6-8-18(17)22(4)19(20)14-11-15-9-12-16(21-3)13-10-15/h5-14,19,21H,1-4H3/b14-11+. The Kier molecular flexibility index (Phi) is 3.69. The highest BCUT2D eigenvalue weighted by Gasteiger charge is 2.41. The summed E-state index contributed by atoms with van der Waals surface area (Å²) in [6.07, 6.45) is 4.56. The Morgan fingerprint density at radius 1 is 1.05 bits per heavy atom. The van der Waals surface area contributed by atoms with E-state index in [9.17, 15) is 0 Å². The summed E-state index contributed by atoms with van der Waals surface area (Å²) in [5, 5.41) is 3.15. The van der Waals surface area contributed by atoms with Crippen molar-refractivity contribution in [2.24, 2.45) is 0 Å². The Morgan fingerprint density at radius 2 is 1.73 bits per heavy atom. The van der Waals surface area contributed by atoms with Gasteiger partial charge in [0.1, 0.15) is 0 Å². The van der Waals surface area contributed by atoms with Crippen LogP contribution in [0.25, 0.3) is 6.08 Å². The summed E-state index contributed by atoms with van der Waals surface area (Å²) in [5.74, 6) is 0. The number of nitrogens with one attached hydrogen (secondary N) is 1. The fraction of sp³-hybridized carbons (Fsp3) is 0.300. The van der Waals surface area contributed by atoms with Crippen LogP contribution in [-0.2, 0) is 5.41 Å². The second-order valence-electron chi connectivity index (χ2n) is 6.53. The molecule has 1 unspecified atom stereocenters. The Labute approximate surface area is 133 Å². The van der Waals surface area contributed by atoms with Gasteiger partial charge in [0.05, 0.1) is 6.04 Å². The van der Waals surface area contributed by atoms with Gasteiger partial charge in [-0.25, -0.2) is 0 Å². The number of likely N-dealkylation sites (N-methyl/N-ethyl adjacent to an activating group) is 1. The monoisotopic (exact) mass is 292 g/mol. The van der Waals surface area contributed by atoms with Crippen LogP contribution in [0.4, 0.5) is 11.4 Å². The van der Waals surface area contributed by atoms with Crippen molar-refractivity contribution in [3.8, 4) is 0 Å². The van der Waals surface area contributed by atoms with E-state index in [1.165, 1.54) is 16.8 Å². The molecule has 3 rings (SSSR count). The number of anilines is 2. The van der Waals surface area contributed by atoms with Crippen LogP contribution < -0.4 is 10.2 Å². The zero-order chi connectivity index (χ0) is 15.7. The highest BCUT2D eigenvalue weighted by Crippen LogP contribution is 2.44. The molecule has 1 aliphatic rings. The van der Waals surface area contributed by atoms with E-state index in [1.807, 2.05) is 7.05 Å². The molecule has 2 heteroatoms. The highest BCUT2D eigenvalue weighted by atomic mass is 15.2. The van der Waals surface area contributed by atoms with E-state index in [0.717, 1.165) is 5.69 Å². The molecule has 0 bridgehead atoms. The van der Waals surface area contributed by atoms with Crippen molar-refractivity contribution in [2.75, 3.05) is 24.3 Å². The molecule has 114 valence electrons. The number of hydrogen-bond donors (Lipinski definition) is 1. The van der Waals surface area contributed by atoms with Crippen molar-refractivity contribution in [3.05, 3.63) is 65.7 Å². The van der Waals surface area contributed by atoms with Crippen LogP contribution in [-0.4, -0.2) is 20.1 Å². The van der Waals surface area contributed by atoms with Crippen LogP contribution in [0, 0.1) is 0 Å². The first-order chi connectivity index (χ1) is 10.5. The molecule has 2 nitrogen and oxygen atoms in total. The molecule has 1 N–H and O–H groups in total. The number of nitrogens with zero attached hydrogens (tertiary/aromatic N) is 1. The zero-order valence-corrected chi connectivity index (χ0v) is 13.8. The molecule has 2 aromatic rings.